The molecule has 0 radical (unpaired) electrons. The van der Waals surface area contributed by atoms with Crippen molar-refractivity contribution >= 4 is 0 Å². The highest BCUT2D eigenvalue weighted by molar-refractivity contribution is 4.96. The van der Waals surface area contributed by atoms with Gasteiger partial charge in [0.05, 0.1) is 0 Å². The van der Waals surface area contributed by atoms with Crippen molar-refractivity contribution in [1.82, 2.24) is 14.9 Å². The van der Waals surface area contributed by atoms with E-state index < -0.39 is 0 Å². The van der Waals surface area contributed by atoms with Gasteiger partial charge in [-0.1, -0.05) is 13.3 Å². The predicted octanol–water partition coefficient (Wildman–Crippen LogP) is 2.22. The number of aryl methyl sites for hydroxylation is 1. The Balaban J connectivity index is 1.93. The lowest BCUT2D eigenvalue weighted by molar-refractivity contribution is 0.290. The lowest BCUT2D eigenvalue weighted by Gasteiger charge is -2.29. The molecule has 90 valence electrons. The van der Waals surface area contributed by atoms with E-state index in [-0.39, 0.29) is 0 Å². The molecule has 3 nitrogen and oxygen atoms in total. The van der Waals surface area contributed by atoms with Crippen LogP contribution in [0.25, 0.3) is 0 Å². The average molecular weight is 221 g/mol. The van der Waals surface area contributed by atoms with Gasteiger partial charge in [0.15, 0.2) is 0 Å². The maximum absolute atomic E-state index is 4.45. The zero-order valence-electron chi connectivity index (χ0n) is 10.4. The van der Waals surface area contributed by atoms with Crippen LogP contribution < -0.4 is 5.32 Å². The van der Waals surface area contributed by atoms with E-state index in [0.29, 0.717) is 6.04 Å². The van der Waals surface area contributed by atoms with Gasteiger partial charge in [0, 0.05) is 31.4 Å². The molecule has 0 aliphatic carbocycles. The Kier molecular flexibility index (Phi) is 3.99. The van der Waals surface area contributed by atoms with Gasteiger partial charge in [-0.2, -0.15) is 0 Å². The van der Waals surface area contributed by atoms with E-state index >= 15 is 0 Å². The van der Waals surface area contributed by atoms with Crippen LogP contribution in [0, 0.1) is 5.92 Å². The summed E-state index contributed by atoms with van der Waals surface area (Å²) in [6.07, 6.45) is 9.05. The summed E-state index contributed by atoms with van der Waals surface area (Å²) in [5.41, 5.74) is 0. The molecule has 2 unspecified atom stereocenters. The Morgan fingerprint density at radius 1 is 1.50 bits per heavy atom. The molecule has 2 rings (SSSR count). The topological polar surface area (TPSA) is 29.9 Å². The highest BCUT2D eigenvalue weighted by Crippen LogP contribution is 2.21. The molecule has 0 aromatic carbocycles. The van der Waals surface area contributed by atoms with E-state index in [9.17, 15) is 0 Å². The number of piperidine rings is 1. The zero-order chi connectivity index (χ0) is 11.4. The second kappa shape index (κ2) is 5.48. The Morgan fingerprint density at radius 3 is 3.12 bits per heavy atom. The van der Waals surface area contributed by atoms with Crippen LogP contribution in [0.3, 0.4) is 0 Å². The first kappa shape index (κ1) is 11.6. The molecule has 3 heteroatoms. The van der Waals surface area contributed by atoms with Crippen LogP contribution >= 0.6 is 0 Å². The van der Waals surface area contributed by atoms with Crippen LogP contribution in [-0.4, -0.2) is 22.1 Å². The number of hydrogen-bond donors (Lipinski definition) is 1. The van der Waals surface area contributed by atoms with Crippen molar-refractivity contribution < 1.29 is 0 Å². The molecule has 2 atom stereocenters. The Morgan fingerprint density at radius 2 is 2.38 bits per heavy atom. The zero-order valence-corrected chi connectivity index (χ0v) is 10.4. The van der Waals surface area contributed by atoms with Crippen molar-refractivity contribution in [3.05, 3.63) is 18.2 Å². The first-order valence-electron chi connectivity index (χ1n) is 6.56. The van der Waals surface area contributed by atoms with Gasteiger partial charge in [0.25, 0.3) is 0 Å². The normalized spacial score (nSPS) is 25.9. The fourth-order valence-corrected chi connectivity index (χ4v) is 2.66. The molecule has 0 amide bonds. The van der Waals surface area contributed by atoms with Gasteiger partial charge in [-0.3, -0.25) is 0 Å². The standard InChI is InChI=1S/C13H23N3/c1-3-11-5-6-14-12(9-11)10-13-15-7-8-16(13)4-2/h7-8,11-12,14H,3-6,9-10H2,1-2H3. The van der Waals surface area contributed by atoms with Crippen molar-refractivity contribution in [3.63, 3.8) is 0 Å². The molecular weight excluding hydrogens is 198 g/mol. The minimum absolute atomic E-state index is 0.631. The van der Waals surface area contributed by atoms with Gasteiger partial charge in [-0.05, 0) is 32.2 Å². The van der Waals surface area contributed by atoms with Gasteiger partial charge in [0.2, 0.25) is 0 Å². The summed E-state index contributed by atoms with van der Waals surface area (Å²) in [5, 5.41) is 3.62. The SMILES string of the molecule is CCC1CCNC(Cc2nccn2CC)C1. The third kappa shape index (κ3) is 2.64. The molecule has 1 aliphatic heterocycles. The highest BCUT2D eigenvalue weighted by atomic mass is 15.1. The Hall–Kier alpha value is -0.830. The first-order chi connectivity index (χ1) is 7.83. The number of aromatic nitrogens is 2. The minimum Gasteiger partial charge on any atom is -0.335 e. The van der Waals surface area contributed by atoms with Gasteiger partial charge in [-0.15, -0.1) is 0 Å². The second-order valence-electron chi connectivity index (χ2n) is 4.78. The molecule has 1 N–H and O–H groups in total. The largest absolute Gasteiger partial charge is 0.335 e. The summed E-state index contributed by atoms with van der Waals surface area (Å²) in [6.45, 7) is 6.68. The maximum Gasteiger partial charge on any atom is 0.110 e. The summed E-state index contributed by atoms with van der Waals surface area (Å²) in [6, 6.07) is 0.631. The number of imidazole rings is 1. The summed E-state index contributed by atoms with van der Waals surface area (Å²) in [4.78, 5) is 4.45. The minimum atomic E-state index is 0.631. The Bertz CT molecular complexity index is 319. The number of nitrogens with zero attached hydrogens (tertiary/aromatic N) is 2. The molecule has 2 heterocycles. The number of nitrogens with one attached hydrogen (secondary N) is 1. The first-order valence-corrected chi connectivity index (χ1v) is 6.56. The fraction of sp³-hybridized carbons (Fsp3) is 0.769. The second-order valence-corrected chi connectivity index (χ2v) is 4.78. The van der Waals surface area contributed by atoms with Crippen LogP contribution in [0.2, 0.25) is 0 Å². The van der Waals surface area contributed by atoms with Crippen molar-refractivity contribution in [1.29, 1.82) is 0 Å². The molecule has 1 saturated heterocycles. The average Bonchev–Trinajstić information content (AvgIpc) is 2.76. The van der Waals surface area contributed by atoms with Crippen molar-refractivity contribution in [2.75, 3.05) is 6.54 Å². The van der Waals surface area contributed by atoms with E-state index in [0.717, 1.165) is 18.9 Å². The summed E-state index contributed by atoms with van der Waals surface area (Å²) in [5.74, 6) is 2.15. The number of rotatable bonds is 4. The van der Waals surface area contributed by atoms with Crippen molar-refractivity contribution in [2.45, 2.75) is 52.1 Å². The lowest BCUT2D eigenvalue weighted by atomic mass is 9.89. The predicted molar refractivity (Wildman–Crippen MR) is 66.4 cm³/mol. The summed E-state index contributed by atoms with van der Waals surface area (Å²) < 4.78 is 2.25. The van der Waals surface area contributed by atoms with Crippen LogP contribution in [0.1, 0.15) is 38.9 Å². The Labute approximate surface area is 98.3 Å². The summed E-state index contributed by atoms with van der Waals surface area (Å²) in [7, 11) is 0. The lowest BCUT2D eigenvalue weighted by Crippen LogP contribution is -2.39. The third-order valence-electron chi connectivity index (χ3n) is 3.75. The molecule has 16 heavy (non-hydrogen) atoms. The van der Waals surface area contributed by atoms with Gasteiger partial charge < -0.3 is 9.88 Å². The molecule has 1 aromatic rings. The number of hydrogen-bond acceptors (Lipinski definition) is 2. The van der Waals surface area contributed by atoms with Crippen molar-refractivity contribution in [2.24, 2.45) is 5.92 Å². The van der Waals surface area contributed by atoms with E-state index in [1.807, 2.05) is 6.20 Å². The van der Waals surface area contributed by atoms with Crippen molar-refractivity contribution in [3.8, 4) is 0 Å². The molecule has 1 fully saturated rings. The summed E-state index contributed by atoms with van der Waals surface area (Å²) >= 11 is 0. The van der Waals surface area contributed by atoms with Crippen LogP contribution in [0.5, 0.6) is 0 Å². The van der Waals surface area contributed by atoms with E-state index in [2.05, 4.69) is 34.9 Å². The van der Waals surface area contributed by atoms with Crippen LogP contribution in [0.4, 0.5) is 0 Å². The maximum atomic E-state index is 4.45. The van der Waals surface area contributed by atoms with E-state index in [1.54, 1.807) is 0 Å². The van der Waals surface area contributed by atoms with Gasteiger partial charge >= 0.3 is 0 Å². The van der Waals surface area contributed by atoms with E-state index in [4.69, 9.17) is 0 Å². The van der Waals surface area contributed by atoms with E-state index in [1.165, 1.54) is 31.6 Å². The third-order valence-corrected chi connectivity index (χ3v) is 3.75. The van der Waals surface area contributed by atoms with Crippen LogP contribution in [-0.2, 0) is 13.0 Å². The van der Waals surface area contributed by atoms with Gasteiger partial charge in [-0.25, -0.2) is 4.98 Å². The molecule has 1 aliphatic rings. The van der Waals surface area contributed by atoms with Gasteiger partial charge in [0.1, 0.15) is 5.82 Å². The molecular formula is C13H23N3. The smallest absolute Gasteiger partial charge is 0.110 e. The highest BCUT2D eigenvalue weighted by Gasteiger charge is 2.21. The molecule has 0 saturated carbocycles. The quantitative estimate of drug-likeness (QED) is 0.845. The molecule has 0 spiro atoms. The molecule has 1 aromatic heterocycles. The van der Waals surface area contributed by atoms with Crippen LogP contribution in [0.15, 0.2) is 12.4 Å². The fourth-order valence-electron chi connectivity index (χ4n) is 2.66. The monoisotopic (exact) mass is 221 g/mol. The molecule has 0 bridgehead atoms.